The average Bonchev–Trinajstić information content (AvgIpc) is 3.29. The highest BCUT2D eigenvalue weighted by molar-refractivity contribution is 7.91. The van der Waals surface area contributed by atoms with Crippen LogP contribution in [0.3, 0.4) is 0 Å². The van der Waals surface area contributed by atoms with Crippen molar-refractivity contribution in [3.8, 4) is 17.2 Å². The number of nitrogens with two attached hydrogens (primary N) is 1. The zero-order valence-corrected chi connectivity index (χ0v) is 37.7. The summed E-state index contributed by atoms with van der Waals surface area (Å²) < 4.78 is 39.8. The number of amides is 2. The van der Waals surface area contributed by atoms with Gasteiger partial charge in [-0.25, -0.2) is 8.42 Å². The molecule has 0 aliphatic heterocycles. The van der Waals surface area contributed by atoms with Crippen LogP contribution in [0, 0.1) is 12.8 Å². The number of rotatable bonds is 18. The molecule has 2 heterocycles. The number of aromatic nitrogens is 2. The van der Waals surface area contributed by atoms with E-state index in [9.17, 15) is 27.9 Å². The molecule has 7 rings (SSSR count). The van der Waals surface area contributed by atoms with E-state index in [4.69, 9.17) is 15.2 Å². The summed E-state index contributed by atoms with van der Waals surface area (Å²) in [5.41, 5.74) is 10.3. The Bertz CT molecular complexity index is 3060. The summed E-state index contributed by atoms with van der Waals surface area (Å²) in [7, 11) is -1.00. The van der Waals surface area contributed by atoms with Crippen molar-refractivity contribution >= 4 is 54.8 Å². The molecular weight excluding hydrogens is 845 g/mol. The highest BCUT2D eigenvalue weighted by Gasteiger charge is 2.25. The SMILES string of the molecule is COc1cccc(Nc2c(C(N)=O)cnc3c(C)cc(S(=O)(=O)c4cccc(C(=O)N(C)CCOc5ccc(CCNC[C@@H](c6ccc(O)c7[nH]c(=O)ccc67)C(C)C)cc5)c4)cc23)c1. The monoisotopic (exact) mass is 896 g/mol. The summed E-state index contributed by atoms with van der Waals surface area (Å²) in [5, 5.41) is 18.3. The predicted molar refractivity (Wildman–Crippen MR) is 252 cm³/mol. The molecule has 0 aliphatic carbocycles. The molecule has 15 heteroatoms. The van der Waals surface area contributed by atoms with Gasteiger partial charge in [0.2, 0.25) is 15.4 Å². The Hall–Kier alpha value is -7.23. The number of aromatic amines is 1. The molecule has 14 nitrogen and oxygen atoms in total. The number of benzene rings is 5. The van der Waals surface area contributed by atoms with Gasteiger partial charge >= 0.3 is 0 Å². The molecule has 0 bridgehead atoms. The van der Waals surface area contributed by atoms with E-state index >= 15 is 0 Å². The summed E-state index contributed by atoms with van der Waals surface area (Å²) >= 11 is 0. The number of pyridine rings is 2. The second-order valence-corrected chi connectivity index (χ2v) is 18.2. The molecule has 0 aliphatic rings. The van der Waals surface area contributed by atoms with Gasteiger partial charge < -0.3 is 40.8 Å². The third-order valence-corrected chi connectivity index (χ3v) is 13.2. The number of H-pyrrole nitrogens is 1. The first kappa shape index (κ1) is 45.8. The number of carbonyl (C=O) groups excluding carboxylic acids is 2. The van der Waals surface area contributed by atoms with Gasteiger partial charge in [0, 0.05) is 53.9 Å². The van der Waals surface area contributed by atoms with Crippen molar-refractivity contribution in [1.29, 1.82) is 0 Å². The topological polar surface area (TPSA) is 206 Å². The van der Waals surface area contributed by atoms with Crippen molar-refractivity contribution in [3.05, 3.63) is 154 Å². The Morgan fingerprint density at radius 3 is 2.42 bits per heavy atom. The van der Waals surface area contributed by atoms with E-state index in [1.165, 1.54) is 54.6 Å². The van der Waals surface area contributed by atoms with E-state index in [0.717, 1.165) is 36.0 Å². The summed E-state index contributed by atoms with van der Waals surface area (Å²) in [6.07, 6.45) is 2.15. The maximum absolute atomic E-state index is 14.2. The van der Waals surface area contributed by atoms with Crippen molar-refractivity contribution < 1.29 is 32.6 Å². The number of likely N-dealkylation sites (N-methyl/N-ethyl adjacent to an activating group) is 1. The van der Waals surface area contributed by atoms with Gasteiger partial charge in [0.1, 0.15) is 23.9 Å². The van der Waals surface area contributed by atoms with Crippen LogP contribution in [0.15, 0.2) is 130 Å². The number of ether oxygens (including phenoxy) is 2. The average molecular weight is 897 g/mol. The molecule has 2 amide bonds. The highest BCUT2D eigenvalue weighted by atomic mass is 32.2. The van der Waals surface area contributed by atoms with Gasteiger partial charge in [-0.05, 0) is 115 Å². The Kier molecular flexibility index (Phi) is 13.8. The first-order valence-electron chi connectivity index (χ1n) is 21.2. The lowest BCUT2D eigenvalue weighted by atomic mass is 9.86. The van der Waals surface area contributed by atoms with Crippen molar-refractivity contribution in [1.82, 2.24) is 20.2 Å². The van der Waals surface area contributed by atoms with Gasteiger partial charge in [0.15, 0.2) is 0 Å². The number of aryl methyl sites for hydroxylation is 1. The molecule has 0 fully saturated rings. The minimum absolute atomic E-state index is 0.0483. The molecule has 0 saturated heterocycles. The minimum Gasteiger partial charge on any atom is -0.506 e. The molecule has 0 saturated carbocycles. The number of phenolic OH excluding ortho intramolecular Hbond substituents is 1. The molecule has 2 aromatic heterocycles. The fraction of sp³-hybridized carbons (Fsp3) is 0.240. The number of carbonyl (C=O) groups is 2. The zero-order chi connectivity index (χ0) is 46.4. The second-order valence-electron chi connectivity index (χ2n) is 16.2. The quantitative estimate of drug-likeness (QED) is 0.0534. The lowest BCUT2D eigenvalue weighted by Gasteiger charge is -2.24. The molecule has 0 spiro atoms. The van der Waals surface area contributed by atoms with E-state index in [0.29, 0.717) is 50.8 Å². The van der Waals surface area contributed by atoms with Crippen LogP contribution < -0.4 is 31.4 Å². The largest absolute Gasteiger partial charge is 0.506 e. The van der Waals surface area contributed by atoms with Crippen LogP contribution in [0.4, 0.5) is 11.4 Å². The molecule has 7 aromatic rings. The molecule has 0 radical (unpaired) electrons. The maximum Gasteiger partial charge on any atom is 0.253 e. The van der Waals surface area contributed by atoms with Gasteiger partial charge in [0.05, 0.1) is 45.7 Å². The smallest absolute Gasteiger partial charge is 0.253 e. The van der Waals surface area contributed by atoms with Crippen LogP contribution >= 0.6 is 0 Å². The minimum atomic E-state index is -4.17. The Morgan fingerprint density at radius 2 is 1.68 bits per heavy atom. The van der Waals surface area contributed by atoms with E-state index in [-0.39, 0.29) is 57.2 Å². The lowest BCUT2D eigenvalue weighted by Crippen LogP contribution is -2.31. The van der Waals surface area contributed by atoms with Crippen molar-refractivity contribution in [2.75, 3.05) is 45.7 Å². The van der Waals surface area contributed by atoms with Crippen LogP contribution in [0.25, 0.3) is 21.8 Å². The molecule has 336 valence electrons. The highest BCUT2D eigenvalue weighted by Crippen LogP contribution is 2.36. The molecule has 1 atom stereocenters. The van der Waals surface area contributed by atoms with E-state index < -0.39 is 15.7 Å². The number of sulfone groups is 1. The van der Waals surface area contributed by atoms with E-state index in [2.05, 4.69) is 34.4 Å². The fourth-order valence-corrected chi connectivity index (χ4v) is 9.27. The van der Waals surface area contributed by atoms with Crippen LogP contribution in [0.2, 0.25) is 0 Å². The lowest BCUT2D eigenvalue weighted by molar-refractivity contribution is 0.0773. The molecule has 5 aromatic carbocycles. The van der Waals surface area contributed by atoms with Gasteiger partial charge in [-0.3, -0.25) is 19.4 Å². The third kappa shape index (κ3) is 10.3. The van der Waals surface area contributed by atoms with E-state index in [1.807, 2.05) is 30.3 Å². The van der Waals surface area contributed by atoms with Gasteiger partial charge in [-0.1, -0.05) is 44.2 Å². The van der Waals surface area contributed by atoms with Crippen molar-refractivity contribution in [3.63, 3.8) is 0 Å². The van der Waals surface area contributed by atoms with Crippen LogP contribution in [0.1, 0.15) is 57.2 Å². The molecule has 65 heavy (non-hydrogen) atoms. The normalized spacial score (nSPS) is 12.0. The summed E-state index contributed by atoms with van der Waals surface area (Å²) in [6, 6.07) is 30.5. The predicted octanol–water partition coefficient (Wildman–Crippen LogP) is 7.50. The zero-order valence-electron chi connectivity index (χ0n) is 36.8. The number of nitrogens with zero attached hydrogens (tertiary/aromatic N) is 2. The molecule has 0 unspecified atom stereocenters. The third-order valence-electron chi connectivity index (χ3n) is 11.5. The van der Waals surface area contributed by atoms with Crippen LogP contribution in [-0.2, 0) is 16.3 Å². The summed E-state index contributed by atoms with van der Waals surface area (Å²) in [6.45, 7) is 7.96. The Labute approximate surface area is 377 Å². The first-order chi connectivity index (χ1) is 31.1. The van der Waals surface area contributed by atoms with Crippen LogP contribution in [-0.4, -0.2) is 80.6 Å². The van der Waals surface area contributed by atoms with Gasteiger partial charge in [-0.15, -0.1) is 0 Å². The standard InChI is InChI=1S/C50H52N6O8S/c1-30(2)42(39-16-18-44(57)48-40(39)17-19-45(58)55-48)28-52-21-20-32-12-14-35(15-13-32)64-23-22-56(4)50(60)33-8-6-11-37(25-33)65(61,62)38-24-31(3)46-41(27-38)47(43(29-53-46)49(51)59)54-34-9-7-10-36(26-34)63-5/h6-19,24-27,29-30,42,52,57H,20-23,28H2,1-5H3,(H2,51,59)(H,53,54)(H,55,58)/t42-/m1/s1. The van der Waals surface area contributed by atoms with Crippen molar-refractivity contribution in [2.45, 2.75) is 42.9 Å². The van der Waals surface area contributed by atoms with Gasteiger partial charge in [0.25, 0.3) is 11.8 Å². The number of aromatic hydroxyl groups is 1. The van der Waals surface area contributed by atoms with Gasteiger partial charge in [-0.2, -0.15) is 0 Å². The number of hydrogen-bond donors (Lipinski definition) is 5. The Balaban J connectivity index is 0.960. The van der Waals surface area contributed by atoms with Crippen molar-refractivity contribution in [2.24, 2.45) is 11.7 Å². The number of phenols is 1. The maximum atomic E-state index is 14.2. The Morgan fingerprint density at radius 1 is 0.908 bits per heavy atom. The number of anilines is 2. The first-order valence-corrected chi connectivity index (χ1v) is 22.6. The second kappa shape index (κ2) is 19.7. The summed E-state index contributed by atoms with van der Waals surface area (Å²) in [5.74, 6) is 0.617. The van der Waals surface area contributed by atoms with Crippen LogP contribution in [0.5, 0.6) is 17.2 Å². The fourth-order valence-electron chi connectivity index (χ4n) is 7.85. The molecular formula is C50H52N6O8S. The number of fused-ring (bicyclic) bond motifs is 2. The number of nitrogens with one attached hydrogen (secondary N) is 3. The number of primary amides is 1. The van der Waals surface area contributed by atoms with E-state index in [1.54, 1.807) is 56.4 Å². The summed E-state index contributed by atoms with van der Waals surface area (Å²) in [4.78, 5) is 46.6. The molecule has 6 N–H and O–H groups in total. The number of methoxy groups -OCH3 is 1. The number of hydrogen-bond acceptors (Lipinski definition) is 11.